The molecule has 0 radical (unpaired) electrons. The molecule has 0 fully saturated rings. The van der Waals surface area contributed by atoms with E-state index in [1.54, 1.807) is 6.20 Å². The third kappa shape index (κ3) is 1.46. The first-order valence-electron chi connectivity index (χ1n) is 4.53. The number of hydrogen-bond acceptors (Lipinski definition) is 3. The van der Waals surface area contributed by atoms with Gasteiger partial charge in [0.25, 0.3) is 5.56 Å². The molecule has 0 atom stereocenters. The molecule has 72 valence electrons. The van der Waals surface area contributed by atoms with Gasteiger partial charge < -0.3 is 5.32 Å². The van der Waals surface area contributed by atoms with Crippen molar-refractivity contribution in [3.63, 3.8) is 0 Å². The Labute approximate surface area is 81.2 Å². The number of anilines is 1. The van der Waals surface area contributed by atoms with Gasteiger partial charge in [0, 0.05) is 18.8 Å². The lowest BCUT2D eigenvalue weighted by atomic mass is 10.4. The van der Waals surface area contributed by atoms with E-state index in [0.717, 1.165) is 6.54 Å². The van der Waals surface area contributed by atoms with Crippen LogP contribution >= 0.6 is 0 Å². The summed E-state index contributed by atoms with van der Waals surface area (Å²) >= 11 is 0. The molecule has 1 N–H and O–H groups in total. The van der Waals surface area contributed by atoms with Crippen molar-refractivity contribution in [2.45, 2.75) is 6.92 Å². The van der Waals surface area contributed by atoms with Crippen molar-refractivity contribution in [3.05, 3.63) is 40.8 Å². The Morgan fingerprint density at radius 3 is 3.14 bits per heavy atom. The molecule has 2 rings (SSSR count). The molecule has 0 unspecified atom stereocenters. The fourth-order valence-corrected chi connectivity index (χ4v) is 1.33. The Morgan fingerprint density at radius 1 is 1.50 bits per heavy atom. The molecule has 0 aliphatic rings. The summed E-state index contributed by atoms with van der Waals surface area (Å²) < 4.78 is 1.51. The minimum absolute atomic E-state index is 0.0634. The van der Waals surface area contributed by atoms with Crippen LogP contribution in [0.1, 0.15) is 6.92 Å². The summed E-state index contributed by atoms with van der Waals surface area (Å²) in [6, 6.07) is 6.97. The highest BCUT2D eigenvalue weighted by Crippen LogP contribution is 2.01. The molecule has 4 heteroatoms. The van der Waals surface area contributed by atoms with Crippen molar-refractivity contribution in [1.82, 2.24) is 9.38 Å². The standard InChI is InChI=1S/C10H11N3O/c1-2-11-8-7-10(14)13-6-4-3-5-9(13)12-8/h3-7,11H,2H2,1H3. The maximum atomic E-state index is 11.6. The number of aromatic nitrogens is 2. The van der Waals surface area contributed by atoms with Gasteiger partial charge in [0.2, 0.25) is 0 Å². The Bertz CT molecular complexity index is 504. The molecule has 0 saturated heterocycles. The fraction of sp³-hybridized carbons (Fsp3) is 0.200. The van der Waals surface area contributed by atoms with Gasteiger partial charge in [-0.1, -0.05) is 6.07 Å². The number of hydrogen-bond donors (Lipinski definition) is 1. The van der Waals surface area contributed by atoms with Crippen LogP contribution in [0, 0.1) is 0 Å². The number of nitrogens with zero attached hydrogens (tertiary/aromatic N) is 2. The third-order valence-electron chi connectivity index (χ3n) is 1.93. The van der Waals surface area contributed by atoms with Crippen LogP contribution in [-0.4, -0.2) is 15.9 Å². The normalized spacial score (nSPS) is 10.4. The van der Waals surface area contributed by atoms with Crippen LogP contribution in [0.3, 0.4) is 0 Å². The first-order chi connectivity index (χ1) is 6.81. The largest absolute Gasteiger partial charge is 0.370 e. The monoisotopic (exact) mass is 189 g/mol. The van der Waals surface area contributed by atoms with Gasteiger partial charge >= 0.3 is 0 Å². The van der Waals surface area contributed by atoms with Gasteiger partial charge in [0.15, 0.2) is 0 Å². The highest BCUT2D eigenvalue weighted by Gasteiger charge is 1.98. The summed E-state index contributed by atoms with van der Waals surface area (Å²) in [5.41, 5.74) is 0.600. The summed E-state index contributed by atoms with van der Waals surface area (Å²) in [4.78, 5) is 15.8. The molecule has 0 bridgehead atoms. The second kappa shape index (κ2) is 3.49. The number of fused-ring (bicyclic) bond motifs is 1. The zero-order valence-electron chi connectivity index (χ0n) is 7.90. The van der Waals surface area contributed by atoms with E-state index < -0.39 is 0 Å². The lowest BCUT2D eigenvalue weighted by molar-refractivity contribution is 1.03. The van der Waals surface area contributed by atoms with E-state index in [1.807, 2.05) is 25.1 Å². The van der Waals surface area contributed by atoms with Crippen molar-refractivity contribution in [2.75, 3.05) is 11.9 Å². The van der Waals surface area contributed by atoms with E-state index in [4.69, 9.17) is 0 Å². The van der Waals surface area contributed by atoms with E-state index >= 15 is 0 Å². The van der Waals surface area contributed by atoms with E-state index in [-0.39, 0.29) is 5.56 Å². The minimum atomic E-state index is -0.0634. The van der Waals surface area contributed by atoms with Crippen molar-refractivity contribution in [3.8, 4) is 0 Å². The molecule has 2 heterocycles. The van der Waals surface area contributed by atoms with Crippen LogP contribution in [0.15, 0.2) is 35.3 Å². The van der Waals surface area contributed by atoms with Crippen molar-refractivity contribution in [2.24, 2.45) is 0 Å². The van der Waals surface area contributed by atoms with E-state index in [1.165, 1.54) is 10.5 Å². The second-order valence-electron chi connectivity index (χ2n) is 2.94. The van der Waals surface area contributed by atoms with Gasteiger partial charge in [-0.15, -0.1) is 0 Å². The summed E-state index contributed by atoms with van der Waals surface area (Å²) in [5, 5.41) is 3.02. The molecule has 4 nitrogen and oxygen atoms in total. The van der Waals surface area contributed by atoms with Crippen LogP contribution in [-0.2, 0) is 0 Å². The van der Waals surface area contributed by atoms with Crippen LogP contribution in [0.4, 0.5) is 5.82 Å². The van der Waals surface area contributed by atoms with Gasteiger partial charge in [-0.25, -0.2) is 4.98 Å². The highest BCUT2D eigenvalue weighted by molar-refractivity contribution is 5.46. The number of pyridine rings is 1. The molecular weight excluding hydrogens is 178 g/mol. The van der Waals surface area contributed by atoms with E-state index in [0.29, 0.717) is 11.5 Å². The Balaban J connectivity index is 2.66. The molecule has 14 heavy (non-hydrogen) atoms. The molecule has 0 aromatic carbocycles. The SMILES string of the molecule is CCNc1cc(=O)n2ccccc2n1. The quantitative estimate of drug-likeness (QED) is 0.770. The predicted molar refractivity (Wildman–Crippen MR) is 55.6 cm³/mol. The van der Waals surface area contributed by atoms with Gasteiger partial charge in [-0.2, -0.15) is 0 Å². The van der Waals surface area contributed by atoms with Gasteiger partial charge in [-0.3, -0.25) is 9.20 Å². The second-order valence-corrected chi connectivity index (χ2v) is 2.94. The zero-order chi connectivity index (χ0) is 9.97. The van der Waals surface area contributed by atoms with Crippen molar-refractivity contribution < 1.29 is 0 Å². The smallest absolute Gasteiger partial charge is 0.259 e. The maximum Gasteiger partial charge on any atom is 0.259 e. The average Bonchev–Trinajstić information content (AvgIpc) is 2.18. The van der Waals surface area contributed by atoms with E-state index in [2.05, 4.69) is 10.3 Å². The molecule has 2 aromatic heterocycles. The maximum absolute atomic E-state index is 11.6. The number of nitrogens with one attached hydrogen (secondary N) is 1. The van der Waals surface area contributed by atoms with Crippen LogP contribution in [0.25, 0.3) is 5.65 Å². The Hall–Kier alpha value is -1.84. The molecule has 0 aliphatic carbocycles. The summed E-state index contributed by atoms with van der Waals surface area (Å²) in [6.45, 7) is 2.73. The Morgan fingerprint density at radius 2 is 2.36 bits per heavy atom. The lowest BCUT2D eigenvalue weighted by Crippen LogP contribution is -2.15. The van der Waals surface area contributed by atoms with Crippen LogP contribution in [0.2, 0.25) is 0 Å². The predicted octanol–water partition coefficient (Wildman–Crippen LogP) is 1.13. The minimum Gasteiger partial charge on any atom is -0.370 e. The van der Waals surface area contributed by atoms with Gasteiger partial charge in [-0.05, 0) is 19.1 Å². The molecule has 0 aliphatic heterocycles. The molecular formula is C10H11N3O. The van der Waals surface area contributed by atoms with Crippen LogP contribution in [0.5, 0.6) is 0 Å². The fourth-order valence-electron chi connectivity index (χ4n) is 1.33. The highest BCUT2D eigenvalue weighted by atomic mass is 16.1. The topological polar surface area (TPSA) is 46.4 Å². The van der Waals surface area contributed by atoms with Crippen molar-refractivity contribution >= 4 is 11.5 Å². The van der Waals surface area contributed by atoms with Gasteiger partial charge in [0.05, 0.1) is 0 Å². The molecule has 2 aromatic rings. The first kappa shape index (κ1) is 8.74. The number of rotatable bonds is 2. The molecule has 0 amide bonds. The van der Waals surface area contributed by atoms with Crippen LogP contribution < -0.4 is 10.9 Å². The molecule has 0 saturated carbocycles. The Kier molecular flexibility index (Phi) is 2.18. The first-order valence-corrected chi connectivity index (χ1v) is 4.53. The summed E-state index contributed by atoms with van der Waals surface area (Å²) in [6.07, 6.45) is 1.71. The summed E-state index contributed by atoms with van der Waals surface area (Å²) in [5.74, 6) is 0.628. The molecule has 0 spiro atoms. The lowest BCUT2D eigenvalue weighted by Gasteiger charge is -2.03. The van der Waals surface area contributed by atoms with Crippen molar-refractivity contribution in [1.29, 1.82) is 0 Å². The van der Waals surface area contributed by atoms with E-state index in [9.17, 15) is 4.79 Å². The zero-order valence-corrected chi connectivity index (χ0v) is 7.90. The third-order valence-corrected chi connectivity index (χ3v) is 1.93. The average molecular weight is 189 g/mol. The van der Waals surface area contributed by atoms with Gasteiger partial charge in [0.1, 0.15) is 11.5 Å². The summed E-state index contributed by atoms with van der Waals surface area (Å²) in [7, 11) is 0.